The zero-order valence-electron chi connectivity index (χ0n) is 11.0. The van der Waals surface area contributed by atoms with E-state index in [4.69, 9.17) is 5.11 Å². The molecule has 1 aromatic carbocycles. The first-order chi connectivity index (χ1) is 9.10. The Hall–Kier alpha value is -2.04. The van der Waals surface area contributed by atoms with Gasteiger partial charge in [0.1, 0.15) is 0 Å². The Morgan fingerprint density at radius 2 is 2.26 bits per heavy atom. The molecule has 0 atom stereocenters. The summed E-state index contributed by atoms with van der Waals surface area (Å²) in [6.45, 7) is 3.04. The highest BCUT2D eigenvalue weighted by molar-refractivity contribution is 5.96. The lowest BCUT2D eigenvalue weighted by Crippen LogP contribution is -2.27. The molecule has 0 radical (unpaired) electrons. The van der Waals surface area contributed by atoms with Gasteiger partial charge in [0.2, 0.25) is 5.91 Å². The molecule has 0 spiro atoms. The van der Waals surface area contributed by atoms with Crippen molar-refractivity contribution in [3.05, 3.63) is 23.8 Å². The SMILES string of the molecule is CCc1ccc2c(c1)N(CCC(=O)O)CCC(=O)N2. The Balaban J connectivity index is 2.30. The van der Waals surface area contributed by atoms with Crippen LogP contribution in [0.2, 0.25) is 0 Å². The predicted molar refractivity (Wildman–Crippen MR) is 73.5 cm³/mol. The van der Waals surface area contributed by atoms with Gasteiger partial charge in [0.15, 0.2) is 0 Å². The molecule has 0 aromatic heterocycles. The number of carbonyl (C=O) groups excluding carboxylic acids is 1. The van der Waals surface area contributed by atoms with E-state index in [-0.39, 0.29) is 12.3 Å². The van der Waals surface area contributed by atoms with Crippen LogP contribution in [0.3, 0.4) is 0 Å². The van der Waals surface area contributed by atoms with Crippen LogP contribution in [0.4, 0.5) is 11.4 Å². The fourth-order valence-corrected chi connectivity index (χ4v) is 2.20. The van der Waals surface area contributed by atoms with Crippen molar-refractivity contribution in [1.29, 1.82) is 0 Å². The van der Waals surface area contributed by atoms with Crippen LogP contribution < -0.4 is 10.2 Å². The minimum Gasteiger partial charge on any atom is -0.481 e. The lowest BCUT2D eigenvalue weighted by atomic mass is 10.1. The summed E-state index contributed by atoms with van der Waals surface area (Å²) >= 11 is 0. The number of amides is 1. The van der Waals surface area contributed by atoms with Gasteiger partial charge in [-0.05, 0) is 24.1 Å². The number of fused-ring (bicyclic) bond motifs is 1. The summed E-state index contributed by atoms with van der Waals surface area (Å²) in [4.78, 5) is 24.3. The van der Waals surface area contributed by atoms with Gasteiger partial charge in [-0.25, -0.2) is 0 Å². The molecule has 2 rings (SSSR count). The normalized spacial score (nSPS) is 14.6. The molecule has 0 unspecified atom stereocenters. The molecule has 1 aromatic rings. The number of carboxylic acid groups (broad SMARTS) is 1. The van der Waals surface area contributed by atoms with Crippen LogP contribution in [-0.2, 0) is 16.0 Å². The predicted octanol–water partition coefficient (Wildman–Crippen LogP) is 1.87. The summed E-state index contributed by atoms with van der Waals surface area (Å²) in [5, 5.41) is 11.7. The first-order valence-corrected chi connectivity index (χ1v) is 6.49. The maximum Gasteiger partial charge on any atom is 0.305 e. The van der Waals surface area contributed by atoms with Gasteiger partial charge in [0.05, 0.1) is 17.8 Å². The van der Waals surface area contributed by atoms with Crippen LogP contribution in [0.1, 0.15) is 25.3 Å². The van der Waals surface area contributed by atoms with Crippen LogP contribution in [0, 0.1) is 0 Å². The summed E-state index contributed by atoms with van der Waals surface area (Å²) in [7, 11) is 0. The molecule has 0 saturated carbocycles. The number of benzene rings is 1. The smallest absolute Gasteiger partial charge is 0.305 e. The van der Waals surface area contributed by atoms with Crippen molar-refractivity contribution in [3.63, 3.8) is 0 Å². The van der Waals surface area contributed by atoms with Crippen LogP contribution >= 0.6 is 0 Å². The molecule has 102 valence electrons. The highest BCUT2D eigenvalue weighted by atomic mass is 16.4. The van der Waals surface area contributed by atoms with Gasteiger partial charge in [-0.1, -0.05) is 13.0 Å². The molecule has 0 fully saturated rings. The summed E-state index contributed by atoms with van der Waals surface area (Å²) < 4.78 is 0. The van der Waals surface area contributed by atoms with Crippen molar-refractivity contribution >= 4 is 23.3 Å². The molecule has 5 nitrogen and oxygen atoms in total. The molecule has 1 amide bonds. The van der Waals surface area contributed by atoms with Gasteiger partial charge in [-0.2, -0.15) is 0 Å². The van der Waals surface area contributed by atoms with Crippen molar-refractivity contribution < 1.29 is 14.7 Å². The summed E-state index contributed by atoms with van der Waals surface area (Å²) in [6.07, 6.45) is 1.37. The van der Waals surface area contributed by atoms with Crippen molar-refractivity contribution in [2.75, 3.05) is 23.3 Å². The highest BCUT2D eigenvalue weighted by Crippen LogP contribution is 2.30. The summed E-state index contributed by atoms with van der Waals surface area (Å²) in [5.74, 6) is -0.847. The number of rotatable bonds is 4. The molecule has 19 heavy (non-hydrogen) atoms. The van der Waals surface area contributed by atoms with E-state index in [1.165, 1.54) is 5.56 Å². The maximum absolute atomic E-state index is 11.6. The van der Waals surface area contributed by atoms with E-state index in [0.29, 0.717) is 19.5 Å². The van der Waals surface area contributed by atoms with Gasteiger partial charge in [-0.3, -0.25) is 9.59 Å². The molecule has 1 aliphatic heterocycles. The number of anilines is 2. The maximum atomic E-state index is 11.6. The Kier molecular flexibility index (Phi) is 4.04. The van der Waals surface area contributed by atoms with E-state index in [9.17, 15) is 9.59 Å². The molecule has 0 saturated heterocycles. The third-order valence-corrected chi connectivity index (χ3v) is 3.29. The van der Waals surface area contributed by atoms with Gasteiger partial charge in [0.25, 0.3) is 0 Å². The van der Waals surface area contributed by atoms with Crippen LogP contribution in [0.5, 0.6) is 0 Å². The second-order valence-corrected chi connectivity index (χ2v) is 4.63. The third kappa shape index (κ3) is 3.24. The van der Waals surface area contributed by atoms with Crippen molar-refractivity contribution in [2.45, 2.75) is 26.2 Å². The van der Waals surface area contributed by atoms with Crippen molar-refractivity contribution in [2.24, 2.45) is 0 Å². The van der Waals surface area contributed by atoms with Crippen molar-refractivity contribution in [3.8, 4) is 0 Å². The zero-order chi connectivity index (χ0) is 13.8. The molecule has 0 bridgehead atoms. The van der Waals surface area contributed by atoms with E-state index in [1.54, 1.807) is 0 Å². The number of hydrogen-bond donors (Lipinski definition) is 2. The standard InChI is InChI=1S/C14H18N2O3/c1-2-10-3-4-11-12(9-10)16(8-6-14(18)19)7-5-13(17)15-11/h3-4,9H,2,5-8H2,1H3,(H,15,17)(H,18,19). The van der Waals surface area contributed by atoms with Gasteiger partial charge in [0, 0.05) is 19.5 Å². The molecule has 0 aliphatic carbocycles. The number of nitrogens with zero attached hydrogens (tertiary/aromatic N) is 1. The van der Waals surface area contributed by atoms with E-state index in [1.807, 2.05) is 23.1 Å². The number of carboxylic acids is 1. The van der Waals surface area contributed by atoms with E-state index in [2.05, 4.69) is 12.2 Å². The number of nitrogens with one attached hydrogen (secondary N) is 1. The highest BCUT2D eigenvalue weighted by Gasteiger charge is 2.19. The first kappa shape index (κ1) is 13.4. The Labute approximate surface area is 112 Å². The number of aryl methyl sites for hydroxylation is 1. The lowest BCUT2D eigenvalue weighted by Gasteiger charge is -2.24. The minimum atomic E-state index is -0.822. The molecule has 5 heteroatoms. The summed E-state index contributed by atoms with van der Waals surface area (Å²) in [6, 6.07) is 5.91. The monoisotopic (exact) mass is 262 g/mol. The fraction of sp³-hybridized carbons (Fsp3) is 0.429. The van der Waals surface area contributed by atoms with Crippen LogP contribution in [0.15, 0.2) is 18.2 Å². The van der Waals surface area contributed by atoms with Gasteiger partial charge < -0.3 is 15.3 Å². The second-order valence-electron chi connectivity index (χ2n) is 4.63. The molecule has 1 heterocycles. The number of carbonyl (C=O) groups is 2. The Morgan fingerprint density at radius 3 is 2.95 bits per heavy atom. The van der Waals surface area contributed by atoms with E-state index >= 15 is 0 Å². The first-order valence-electron chi connectivity index (χ1n) is 6.49. The fourth-order valence-electron chi connectivity index (χ4n) is 2.20. The lowest BCUT2D eigenvalue weighted by molar-refractivity contribution is -0.136. The average Bonchev–Trinajstić information content (AvgIpc) is 2.54. The Bertz CT molecular complexity index is 499. The second kappa shape index (κ2) is 5.73. The topological polar surface area (TPSA) is 69.6 Å². The average molecular weight is 262 g/mol. The number of hydrogen-bond acceptors (Lipinski definition) is 3. The Morgan fingerprint density at radius 1 is 1.47 bits per heavy atom. The van der Waals surface area contributed by atoms with Gasteiger partial charge >= 0.3 is 5.97 Å². The van der Waals surface area contributed by atoms with Gasteiger partial charge in [-0.15, -0.1) is 0 Å². The van der Waals surface area contributed by atoms with Crippen molar-refractivity contribution in [1.82, 2.24) is 0 Å². The molecule has 1 aliphatic rings. The molecule has 2 N–H and O–H groups in total. The van der Waals surface area contributed by atoms with E-state index in [0.717, 1.165) is 17.8 Å². The van der Waals surface area contributed by atoms with Crippen LogP contribution in [-0.4, -0.2) is 30.1 Å². The number of aliphatic carboxylic acids is 1. The van der Waals surface area contributed by atoms with E-state index < -0.39 is 5.97 Å². The molecular formula is C14H18N2O3. The summed E-state index contributed by atoms with van der Waals surface area (Å²) in [5.41, 5.74) is 2.87. The quantitative estimate of drug-likeness (QED) is 0.869. The largest absolute Gasteiger partial charge is 0.481 e. The zero-order valence-corrected chi connectivity index (χ0v) is 11.0. The molecular weight excluding hydrogens is 244 g/mol. The minimum absolute atomic E-state index is 0.0247. The third-order valence-electron chi connectivity index (χ3n) is 3.29. The van der Waals surface area contributed by atoms with Crippen LogP contribution in [0.25, 0.3) is 0 Å².